The molecule has 1 aromatic heterocycles. The fourth-order valence-electron chi connectivity index (χ4n) is 2.62. The summed E-state index contributed by atoms with van der Waals surface area (Å²) in [7, 11) is 0. The Hall–Kier alpha value is -3.72. The molecule has 0 spiro atoms. The summed E-state index contributed by atoms with van der Waals surface area (Å²) in [6.45, 7) is 1.98. The first-order valence-corrected chi connectivity index (χ1v) is 7.52. The van der Waals surface area contributed by atoms with Crippen molar-refractivity contribution in [2.24, 2.45) is 0 Å². The van der Waals surface area contributed by atoms with E-state index in [0.29, 0.717) is 16.8 Å². The highest BCUT2D eigenvalue weighted by molar-refractivity contribution is 5.80. The standard InChI is InChI=1S/C19H14N4O2/c1-12-3-2-4-14(9-12)18-10-16(17(11-20)19(21)22-18)13-5-7-15(8-6-13)23(24)25/h2-10H,1H3,(H2,21,22). The normalized spacial score (nSPS) is 10.2. The zero-order valence-electron chi connectivity index (χ0n) is 13.4. The second-order valence-corrected chi connectivity index (χ2v) is 5.60. The molecule has 0 radical (unpaired) electrons. The summed E-state index contributed by atoms with van der Waals surface area (Å²) in [6, 6.07) is 17.7. The van der Waals surface area contributed by atoms with Crippen LogP contribution in [0.1, 0.15) is 11.1 Å². The molecule has 25 heavy (non-hydrogen) atoms. The summed E-state index contributed by atoms with van der Waals surface area (Å²) in [4.78, 5) is 14.7. The number of nitrogen functional groups attached to an aromatic ring is 1. The molecule has 3 aromatic rings. The van der Waals surface area contributed by atoms with Crippen LogP contribution in [0.3, 0.4) is 0 Å². The van der Waals surface area contributed by atoms with Gasteiger partial charge in [0.25, 0.3) is 5.69 Å². The molecule has 2 aromatic carbocycles. The van der Waals surface area contributed by atoms with Gasteiger partial charge in [0.05, 0.1) is 10.6 Å². The molecule has 0 amide bonds. The number of anilines is 1. The van der Waals surface area contributed by atoms with E-state index in [2.05, 4.69) is 11.1 Å². The molecular formula is C19H14N4O2. The van der Waals surface area contributed by atoms with Crippen LogP contribution in [0, 0.1) is 28.4 Å². The van der Waals surface area contributed by atoms with Gasteiger partial charge in [0, 0.05) is 23.3 Å². The summed E-state index contributed by atoms with van der Waals surface area (Å²) in [5.41, 5.74) is 10.1. The molecule has 2 N–H and O–H groups in total. The van der Waals surface area contributed by atoms with E-state index in [9.17, 15) is 15.4 Å². The van der Waals surface area contributed by atoms with Crippen molar-refractivity contribution in [3.63, 3.8) is 0 Å². The number of benzene rings is 2. The van der Waals surface area contributed by atoms with Crippen LogP contribution in [0.4, 0.5) is 11.5 Å². The van der Waals surface area contributed by atoms with Crippen LogP contribution in [-0.2, 0) is 0 Å². The number of aryl methyl sites for hydroxylation is 1. The SMILES string of the molecule is Cc1cccc(-c2cc(-c3ccc([N+](=O)[O-])cc3)c(C#N)c(N)n2)c1. The molecule has 0 atom stereocenters. The van der Waals surface area contributed by atoms with Gasteiger partial charge in [0.2, 0.25) is 0 Å². The van der Waals surface area contributed by atoms with E-state index in [1.807, 2.05) is 31.2 Å². The molecule has 6 nitrogen and oxygen atoms in total. The van der Waals surface area contributed by atoms with Crippen LogP contribution < -0.4 is 5.73 Å². The second-order valence-electron chi connectivity index (χ2n) is 5.60. The van der Waals surface area contributed by atoms with Gasteiger partial charge < -0.3 is 5.73 Å². The highest BCUT2D eigenvalue weighted by Gasteiger charge is 2.14. The molecule has 0 unspecified atom stereocenters. The van der Waals surface area contributed by atoms with Crippen LogP contribution in [0.2, 0.25) is 0 Å². The van der Waals surface area contributed by atoms with Crippen molar-refractivity contribution < 1.29 is 4.92 Å². The van der Waals surface area contributed by atoms with Gasteiger partial charge in [-0.1, -0.05) is 23.8 Å². The first kappa shape index (κ1) is 16.1. The van der Waals surface area contributed by atoms with Crippen molar-refractivity contribution in [1.82, 2.24) is 4.98 Å². The van der Waals surface area contributed by atoms with Crippen molar-refractivity contribution in [3.8, 4) is 28.5 Å². The Labute approximate surface area is 144 Å². The fraction of sp³-hybridized carbons (Fsp3) is 0.0526. The number of nitro groups is 1. The van der Waals surface area contributed by atoms with Crippen molar-refractivity contribution in [1.29, 1.82) is 5.26 Å². The van der Waals surface area contributed by atoms with Gasteiger partial charge in [-0.2, -0.15) is 5.26 Å². The van der Waals surface area contributed by atoms with E-state index in [0.717, 1.165) is 11.1 Å². The zero-order chi connectivity index (χ0) is 18.0. The number of nitrogens with zero attached hydrogens (tertiary/aromatic N) is 3. The van der Waals surface area contributed by atoms with Crippen LogP contribution in [0.25, 0.3) is 22.4 Å². The Morgan fingerprint density at radius 3 is 2.44 bits per heavy atom. The quantitative estimate of drug-likeness (QED) is 0.575. The Balaban J connectivity index is 2.18. The Bertz CT molecular complexity index is 1000. The highest BCUT2D eigenvalue weighted by atomic mass is 16.6. The number of nitrogens with two attached hydrogens (primary N) is 1. The Kier molecular flexibility index (Phi) is 4.14. The lowest BCUT2D eigenvalue weighted by Gasteiger charge is -2.10. The van der Waals surface area contributed by atoms with Gasteiger partial charge in [-0.15, -0.1) is 0 Å². The molecule has 122 valence electrons. The van der Waals surface area contributed by atoms with Crippen molar-refractivity contribution >= 4 is 11.5 Å². The third-order valence-electron chi connectivity index (χ3n) is 3.86. The first-order valence-electron chi connectivity index (χ1n) is 7.52. The maximum absolute atomic E-state index is 10.8. The molecule has 0 saturated carbocycles. The maximum atomic E-state index is 10.8. The number of nitro benzene ring substituents is 1. The minimum atomic E-state index is -0.464. The van der Waals surface area contributed by atoms with Gasteiger partial charge in [0.15, 0.2) is 0 Å². The predicted octanol–water partition coefficient (Wildman–Crippen LogP) is 4.09. The molecule has 0 bridgehead atoms. The number of aromatic nitrogens is 1. The highest BCUT2D eigenvalue weighted by Crippen LogP contribution is 2.32. The van der Waals surface area contributed by atoms with E-state index in [1.54, 1.807) is 18.2 Å². The molecule has 0 aliphatic carbocycles. The van der Waals surface area contributed by atoms with Crippen molar-refractivity contribution in [2.75, 3.05) is 5.73 Å². The topological polar surface area (TPSA) is 106 Å². The summed E-state index contributed by atoms with van der Waals surface area (Å²) < 4.78 is 0. The monoisotopic (exact) mass is 330 g/mol. The summed E-state index contributed by atoms with van der Waals surface area (Å²) in [6.07, 6.45) is 0. The van der Waals surface area contributed by atoms with E-state index in [1.165, 1.54) is 12.1 Å². The van der Waals surface area contributed by atoms with Gasteiger partial charge >= 0.3 is 0 Å². The number of pyridine rings is 1. The van der Waals surface area contributed by atoms with E-state index in [-0.39, 0.29) is 17.1 Å². The number of non-ortho nitro benzene ring substituents is 1. The van der Waals surface area contributed by atoms with Gasteiger partial charge in [-0.3, -0.25) is 10.1 Å². The van der Waals surface area contributed by atoms with Crippen LogP contribution >= 0.6 is 0 Å². The van der Waals surface area contributed by atoms with E-state index in [4.69, 9.17) is 5.73 Å². The smallest absolute Gasteiger partial charge is 0.269 e. The van der Waals surface area contributed by atoms with Gasteiger partial charge in [-0.25, -0.2) is 4.98 Å². The van der Waals surface area contributed by atoms with E-state index >= 15 is 0 Å². The summed E-state index contributed by atoms with van der Waals surface area (Å²) in [5, 5.41) is 20.3. The average molecular weight is 330 g/mol. The molecule has 0 aliphatic heterocycles. The lowest BCUT2D eigenvalue weighted by molar-refractivity contribution is -0.384. The van der Waals surface area contributed by atoms with Crippen LogP contribution in [-0.4, -0.2) is 9.91 Å². The summed E-state index contributed by atoms with van der Waals surface area (Å²) >= 11 is 0. The van der Waals surface area contributed by atoms with Crippen molar-refractivity contribution in [2.45, 2.75) is 6.92 Å². The third kappa shape index (κ3) is 3.16. The maximum Gasteiger partial charge on any atom is 0.269 e. The summed E-state index contributed by atoms with van der Waals surface area (Å²) in [5.74, 6) is 0.134. The molecular weight excluding hydrogens is 316 g/mol. The Morgan fingerprint density at radius 2 is 1.84 bits per heavy atom. The largest absolute Gasteiger partial charge is 0.383 e. The fourth-order valence-corrected chi connectivity index (χ4v) is 2.62. The molecule has 3 rings (SSSR count). The lowest BCUT2D eigenvalue weighted by atomic mass is 9.98. The lowest BCUT2D eigenvalue weighted by Crippen LogP contribution is -2.00. The third-order valence-corrected chi connectivity index (χ3v) is 3.86. The second kappa shape index (κ2) is 6.42. The molecule has 0 saturated heterocycles. The molecule has 0 fully saturated rings. The number of hydrogen-bond acceptors (Lipinski definition) is 5. The average Bonchev–Trinajstić information content (AvgIpc) is 2.61. The molecule has 6 heteroatoms. The minimum Gasteiger partial charge on any atom is -0.383 e. The van der Waals surface area contributed by atoms with Crippen LogP contribution in [0.5, 0.6) is 0 Å². The number of rotatable bonds is 3. The minimum absolute atomic E-state index is 0.0109. The Morgan fingerprint density at radius 1 is 1.12 bits per heavy atom. The predicted molar refractivity (Wildman–Crippen MR) is 95.6 cm³/mol. The number of hydrogen-bond donors (Lipinski definition) is 1. The van der Waals surface area contributed by atoms with Crippen molar-refractivity contribution in [3.05, 3.63) is 75.8 Å². The van der Waals surface area contributed by atoms with Gasteiger partial charge in [0.1, 0.15) is 17.5 Å². The molecule has 0 aliphatic rings. The first-order chi connectivity index (χ1) is 12.0. The zero-order valence-corrected chi connectivity index (χ0v) is 13.4. The number of nitriles is 1. The van der Waals surface area contributed by atoms with E-state index < -0.39 is 4.92 Å². The molecule has 1 heterocycles. The van der Waals surface area contributed by atoms with Gasteiger partial charge in [-0.05, 0) is 36.8 Å². The van der Waals surface area contributed by atoms with Crippen LogP contribution in [0.15, 0.2) is 54.6 Å².